The van der Waals surface area contributed by atoms with Gasteiger partial charge in [-0.05, 0) is 0 Å². The van der Waals surface area contributed by atoms with Gasteiger partial charge < -0.3 is 0 Å². The van der Waals surface area contributed by atoms with E-state index in [1.54, 1.807) is 0 Å². The normalized spacial score (nSPS) is 31.1. The molecule has 0 radical (unpaired) electrons. The molecular weight excluding hydrogens is 451 g/mol. The van der Waals surface area contributed by atoms with Crippen molar-refractivity contribution in [2.75, 3.05) is 52.6 Å². The summed E-state index contributed by atoms with van der Waals surface area (Å²) in [5.41, 5.74) is 0. The Balaban J connectivity index is 1.25. The molecule has 2 saturated heterocycles. The predicted octanol–water partition coefficient (Wildman–Crippen LogP) is 2.79. The average molecular weight is 489 g/mol. The van der Waals surface area contributed by atoms with Gasteiger partial charge in [-0.1, -0.05) is 0 Å². The summed E-state index contributed by atoms with van der Waals surface area (Å²) >= 11 is -3.80. The van der Waals surface area contributed by atoms with Gasteiger partial charge in [0.2, 0.25) is 0 Å². The van der Waals surface area contributed by atoms with E-state index < -0.39 is 20.0 Å². The topological polar surface area (TPSA) is 43.4 Å². The fraction of sp³-hybridized carbons (Fsp3) is 1.00. The van der Waals surface area contributed by atoms with Crippen molar-refractivity contribution in [2.24, 2.45) is 0 Å². The summed E-state index contributed by atoms with van der Waals surface area (Å²) in [6, 6.07) is 1.44. The van der Waals surface area contributed by atoms with Gasteiger partial charge in [-0.3, -0.25) is 0 Å². The van der Waals surface area contributed by atoms with Crippen LogP contribution in [0.2, 0.25) is 0 Å². The van der Waals surface area contributed by atoms with Crippen LogP contribution in [0.25, 0.3) is 0 Å². The Morgan fingerprint density at radius 3 is 1.15 bits per heavy atom. The van der Waals surface area contributed by atoms with E-state index in [0.717, 1.165) is 38.3 Å². The van der Waals surface area contributed by atoms with Crippen LogP contribution in [0, 0.1) is 0 Å². The molecule has 2 saturated carbocycles. The van der Waals surface area contributed by atoms with E-state index in [9.17, 15) is 0 Å². The first-order chi connectivity index (χ1) is 13.3. The second-order valence-electron chi connectivity index (χ2n) is 8.55. The van der Waals surface area contributed by atoms with Gasteiger partial charge in [0.15, 0.2) is 0 Å². The zero-order valence-electron chi connectivity index (χ0n) is 16.9. The fourth-order valence-corrected chi connectivity index (χ4v) is 10.6. The van der Waals surface area contributed by atoms with Crippen molar-refractivity contribution in [3.63, 3.8) is 0 Å². The number of rotatable bonds is 2. The molecule has 0 aromatic rings. The Bertz CT molecular complexity index is 380. The third kappa shape index (κ3) is 5.80. The van der Waals surface area contributed by atoms with E-state index in [0.29, 0.717) is 26.4 Å². The van der Waals surface area contributed by atoms with Crippen LogP contribution < -0.4 is 0 Å². The van der Waals surface area contributed by atoms with E-state index in [1.807, 2.05) is 0 Å². The molecule has 2 aliphatic heterocycles. The monoisotopic (exact) mass is 490 g/mol. The van der Waals surface area contributed by atoms with E-state index in [1.165, 1.54) is 64.2 Å². The van der Waals surface area contributed by atoms with Gasteiger partial charge in [-0.25, -0.2) is 0 Å². The SMILES string of the molecule is C1CCC(N2CC[O][Sn]3([O]CC2)[O]CCN(C2CCCCC2)CC[O]3)CC1. The molecule has 0 N–H and O–H groups in total. The first-order valence-electron chi connectivity index (χ1n) is 11.4. The van der Waals surface area contributed by atoms with Gasteiger partial charge in [0.1, 0.15) is 0 Å². The number of nitrogens with zero attached hydrogens (tertiary/aromatic N) is 2. The summed E-state index contributed by atoms with van der Waals surface area (Å²) < 4.78 is 24.9. The first-order valence-corrected chi connectivity index (χ1v) is 16.0. The van der Waals surface area contributed by atoms with Crippen molar-refractivity contribution in [1.29, 1.82) is 0 Å². The van der Waals surface area contributed by atoms with Crippen molar-refractivity contribution in [3.8, 4) is 0 Å². The minimum atomic E-state index is -3.80. The Labute approximate surface area is 170 Å². The molecule has 156 valence electrons. The van der Waals surface area contributed by atoms with Gasteiger partial charge in [-0.2, -0.15) is 0 Å². The van der Waals surface area contributed by atoms with Crippen LogP contribution in [0.15, 0.2) is 0 Å². The molecule has 0 unspecified atom stereocenters. The Morgan fingerprint density at radius 1 is 0.481 bits per heavy atom. The molecule has 2 heterocycles. The molecule has 1 spiro atoms. The van der Waals surface area contributed by atoms with Gasteiger partial charge in [0, 0.05) is 0 Å². The number of hydrogen-bond acceptors (Lipinski definition) is 6. The van der Waals surface area contributed by atoms with Crippen molar-refractivity contribution >= 4 is 20.0 Å². The minimum absolute atomic E-state index is 0.693. The fourth-order valence-electron chi connectivity index (χ4n) is 5.25. The predicted molar refractivity (Wildman–Crippen MR) is 106 cm³/mol. The molecule has 0 aromatic heterocycles. The van der Waals surface area contributed by atoms with E-state index in [-0.39, 0.29) is 0 Å². The van der Waals surface area contributed by atoms with E-state index in [4.69, 9.17) is 12.3 Å². The zero-order chi connectivity index (χ0) is 18.4. The van der Waals surface area contributed by atoms with E-state index in [2.05, 4.69) is 9.80 Å². The average Bonchev–Trinajstić information content (AvgIpc) is 2.68. The van der Waals surface area contributed by atoms with Crippen LogP contribution in [0.3, 0.4) is 0 Å². The van der Waals surface area contributed by atoms with Crippen LogP contribution >= 0.6 is 0 Å². The molecule has 4 rings (SSSR count). The second-order valence-corrected chi connectivity index (χ2v) is 14.7. The Morgan fingerprint density at radius 2 is 0.815 bits per heavy atom. The number of hydrogen-bond donors (Lipinski definition) is 0. The molecule has 4 aliphatic rings. The van der Waals surface area contributed by atoms with Crippen LogP contribution in [0.5, 0.6) is 0 Å². The Kier molecular flexibility index (Phi) is 8.13. The summed E-state index contributed by atoms with van der Waals surface area (Å²) in [6.45, 7) is 6.75. The summed E-state index contributed by atoms with van der Waals surface area (Å²) in [5.74, 6) is 0. The summed E-state index contributed by atoms with van der Waals surface area (Å²) in [6.07, 6.45) is 13.6. The van der Waals surface area contributed by atoms with Crippen molar-refractivity contribution in [2.45, 2.75) is 76.3 Å². The van der Waals surface area contributed by atoms with Crippen LogP contribution in [0.1, 0.15) is 64.2 Å². The van der Waals surface area contributed by atoms with Crippen LogP contribution in [-0.4, -0.2) is 94.5 Å². The molecule has 27 heavy (non-hydrogen) atoms. The summed E-state index contributed by atoms with van der Waals surface area (Å²) in [5, 5.41) is 0. The molecule has 4 fully saturated rings. The van der Waals surface area contributed by atoms with Crippen molar-refractivity contribution in [1.82, 2.24) is 9.80 Å². The molecule has 6 nitrogen and oxygen atoms in total. The van der Waals surface area contributed by atoms with Crippen LogP contribution in [-0.2, 0) is 12.3 Å². The van der Waals surface area contributed by atoms with Gasteiger partial charge in [0.05, 0.1) is 0 Å². The molecular formula is C20H38N2O4Sn. The maximum absolute atomic E-state index is 6.23. The van der Waals surface area contributed by atoms with E-state index >= 15 is 0 Å². The van der Waals surface area contributed by atoms with Gasteiger partial charge in [0.25, 0.3) is 0 Å². The summed E-state index contributed by atoms with van der Waals surface area (Å²) in [7, 11) is 0. The molecule has 0 bridgehead atoms. The van der Waals surface area contributed by atoms with Gasteiger partial charge in [-0.15, -0.1) is 0 Å². The molecule has 0 amide bonds. The standard InChI is InChI=1S/2C10H19NO2.Sn/c2*12-8-6-11(7-9-13)10-4-2-1-3-5-10;/h2*10H,1-9H2;/q2*-2;+4. The second kappa shape index (κ2) is 10.5. The third-order valence-corrected chi connectivity index (χ3v) is 13.2. The Hall–Kier alpha value is 0.559. The van der Waals surface area contributed by atoms with Crippen LogP contribution in [0.4, 0.5) is 0 Å². The van der Waals surface area contributed by atoms with Gasteiger partial charge >= 0.3 is 171 Å². The quantitative estimate of drug-likeness (QED) is 0.557. The molecule has 0 atom stereocenters. The first kappa shape index (κ1) is 20.8. The molecule has 0 aromatic carbocycles. The maximum atomic E-state index is 6.23. The van der Waals surface area contributed by atoms with Crippen molar-refractivity contribution < 1.29 is 12.3 Å². The zero-order valence-corrected chi connectivity index (χ0v) is 19.8. The summed E-state index contributed by atoms with van der Waals surface area (Å²) in [4.78, 5) is 5.15. The molecule has 7 heteroatoms. The van der Waals surface area contributed by atoms with Crippen molar-refractivity contribution in [3.05, 3.63) is 0 Å². The third-order valence-electron chi connectivity index (χ3n) is 6.81. The molecule has 2 aliphatic carbocycles.